The molecule has 1 aromatic carbocycles. The highest BCUT2D eigenvalue weighted by atomic mass is 35.5. The smallest absolute Gasteiger partial charge is 0.260 e. The molecule has 0 saturated heterocycles. The Morgan fingerprint density at radius 3 is 2.40 bits per heavy atom. The SMILES string of the molecule is Cc1cc(O[C@H](C)C(=O)NCCN(C)C)cc(C)c1Cl. The minimum absolute atomic E-state index is 0.114. The third-order valence-corrected chi connectivity index (χ3v) is 3.55. The van der Waals surface area contributed by atoms with E-state index in [4.69, 9.17) is 16.3 Å². The van der Waals surface area contributed by atoms with Gasteiger partial charge in [0.2, 0.25) is 0 Å². The highest BCUT2D eigenvalue weighted by molar-refractivity contribution is 6.32. The van der Waals surface area contributed by atoms with Crippen LogP contribution in [0.2, 0.25) is 5.02 Å². The Balaban J connectivity index is 2.57. The molecule has 0 saturated carbocycles. The number of likely N-dealkylation sites (N-methyl/N-ethyl adjacent to an activating group) is 1. The van der Waals surface area contributed by atoms with E-state index in [0.717, 1.165) is 22.7 Å². The molecule has 0 bridgehead atoms. The van der Waals surface area contributed by atoms with Crippen LogP contribution in [0.4, 0.5) is 0 Å². The van der Waals surface area contributed by atoms with Gasteiger partial charge in [-0.05, 0) is 58.1 Å². The lowest BCUT2D eigenvalue weighted by Gasteiger charge is -2.17. The molecule has 1 N–H and O–H groups in total. The Labute approximate surface area is 126 Å². The maximum Gasteiger partial charge on any atom is 0.260 e. The van der Waals surface area contributed by atoms with Gasteiger partial charge in [-0.2, -0.15) is 0 Å². The van der Waals surface area contributed by atoms with Crippen LogP contribution in [0.25, 0.3) is 0 Å². The number of nitrogens with one attached hydrogen (secondary N) is 1. The van der Waals surface area contributed by atoms with Crippen LogP contribution < -0.4 is 10.1 Å². The number of amides is 1. The maximum atomic E-state index is 11.9. The molecule has 0 fully saturated rings. The number of hydrogen-bond donors (Lipinski definition) is 1. The fourth-order valence-corrected chi connectivity index (χ4v) is 1.89. The summed E-state index contributed by atoms with van der Waals surface area (Å²) in [4.78, 5) is 13.9. The van der Waals surface area contributed by atoms with Crippen LogP contribution in [0.3, 0.4) is 0 Å². The lowest BCUT2D eigenvalue weighted by molar-refractivity contribution is -0.127. The molecule has 0 spiro atoms. The van der Waals surface area contributed by atoms with Crippen molar-refractivity contribution in [3.63, 3.8) is 0 Å². The monoisotopic (exact) mass is 298 g/mol. The fourth-order valence-electron chi connectivity index (χ4n) is 1.78. The first-order valence-corrected chi connectivity index (χ1v) is 7.05. The van der Waals surface area contributed by atoms with Gasteiger partial charge in [0, 0.05) is 18.1 Å². The van der Waals surface area contributed by atoms with Crippen LogP contribution in [0.5, 0.6) is 5.75 Å². The van der Waals surface area contributed by atoms with Gasteiger partial charge in [-0.1, -0.05) is 11.6 Å². The van der Waals surface area contributed by atoms with Gasteiger partial charge in [0.25, 0.3) is 5.91 Å². The summed E-state index contributed by atoms with van der Waals surface area (Å²) >= 11 is 6.11. The van der Waals surface area contributed by atoms with Crippen molar-refractivity contribution in [2.45, 2.75) is 26.9 Å². The molecule has 0 aliphatic heterocycles. The van der Waals surface area contributed by atoms with Crippen LogP contribution >= 0.6 is 11.6 Å². The Morgan fingerprint density at radius 2 is 1.90 bits per heavy atom. The van der Waals surface area contributed by atoms with E-state index in [2.05, 4.69) is 5.32 Å². The minimum atomic E-state index is -0.530. The standard InChI is InChI=1S/C15H23ClN2O2/c1-10-8-13(9-11(2)14(10)16)20-12(3)15(19)17-6-7-18(4)5/h8-9,12H,6-7H2,1-5H3,(H,17,19)/t12-/m1/s1. The predicted octanol–water partition coefficient (Wildman–Crippen LogP) is 2.40. The van der Waals surface area contributed by atoms with E-state index < -0.39 is 6.10 Å². The first kappa shape index (κ1) is 16.8. The van der Waals surface area contributed by atoms with Crippen LogP contribution in [0.15, 0.2) is 12.1 Å². The number of carbonyl (C=O) groups excluding carboxylic acids is 1. The fraction of sp³-hybridized carbons (Fsp3) is 0.533. The summed E-state index contributed by atoms with van der Waals surface area (Å²) in [6, 6.07) is 3.69. The van der Waals surface area contributed by atoms with Gasteiger partial charge in [-0.25, -0.2) is 0 Å². The van der Waals surface area contributed by atoms with E-state index in [1.807, 2.05) is 45.0 Å². The quantitative estimate of drug-likeness (QED) is 0.877. The second-order valence-corrected chi connectivity index (χ2v) is 5.60. The molecule has 112 valence electrons. The Kier molecular flexibility index (Phi) is 6.30. The van der Waals surface area contributed by atoms with E-state index in [9.17, 15) is 4.79 Å². The molecule has 0 aliphatic rings. The van der Waals surface area contributed by atoms with Crippen molar-refractivity contribution >= 4 is 17.5 Å². The van der Waals surface area contributed by atoms with Gasteiger partial charge in [0.1, 0.15) is 5.75 Å². The van der Waals surface area contributed by atoms with Crippen LogP contribution in [-0.4, -0.2) is 44.1 Å². The van der Waals surface area contributed by atoms with Crippen LogP contribution in [-0.2, 0) is 4.79 Å². The predicted molar refractivity (Wildman–Crippen MR) is 82.6 cm³/mol. The third kappa shape index (κ3) is 5.02. The normalized spacial score (nSPS) is 12.3. The zero-order valence-electron chi connectivity index (χ0n) is 12.8. The van der Waals surface area contributed by atoms with Crippen molar-refractivity contribution in [2.24, 2.45) is 0 Å². The molecule has 4 nitrogen and oxygen atoms in total. The molecular formula is C15H23ClN2O2. The van der Waals surface area contributed by atoms with Gasteiger partial charge in [-0.3, -0.25) is 4.79 Å². The van der Waals surface area contributed by atoms with Crippen LogP contribution in [0, 0.1) is 13.8 Å². The molecule has 0 aromatic heterocycles. The Morgan fingerprint density at radius 1 is 1.35 bits per heavy atom. The summed E-state index contributed by atoms with van der Waals surface area (Å²) in [5, 5.41) is 3.58. The average molecular weight is 299 g/mol. The number of ether oxygens (including phenoxy) is 1. The van der Waals surface area contributed by atoms with Crippen molar-refractivity contribution in [2.75, 3.05) is 27.2 Å². The van der Waals surface area contributed by atoms with Crippen molar-refractivity contribution in [1.29, 1.82) is 0 Å². The summed E-state index contributed by atoms with van der Waals surface area (Å²) < 4.78 is 5.67. The zero-order chi connectivity index (χ0) is 15.3. The molecule has 0 unspecified atom stereocenters. The first-order valence-electron chi connectivity index (χ1n) is 6.67. The second-order valence-electron chi connectivity index (χ2n) is 5.23. The zero-order valence-corrected chi connectivity index (χ0v) is 13.5. The molecule has 5 heteroatoms. The van der Waals surface area contributed by atoms with Gasteiger partial charge in [-0.15, -0.1) is 0 Å². The van der Waals surface area contributed by atoms with E-state index in [1.54, 1.807) is 6.92 Å². The molecule has 0 aliphatic carbocycles. The maximum absolute atomic E-state index is 11.9. The molecule has 1 rings (SSSR count). The Bertz CT molecular complexity index is 452. The third-order valence-electron chi connectivity index (χ3n) is 2.95. The average Bonchev–Trinajstić information content (AvgIpc) is 2.35. The summed E-state index contributed by atoms with van der Waals surface area (Å²) in [6.07, 6.45) is -0.530. The summed E-state index contributed by atoms with van der Waals surface area (Å²) in [5.41, 5.74) is 1.89. The van der Waals surface area contributed by atoms with Crippen molar-refractivity contribution in [3.05, 3.63) is 28.3 Å². The van der Waals surface area contributed by atoms with Crippen molar-refractivity contribution in [3.8, 4) is 5.75 Å². The summed E-state index contributed by atoms with van der Waals surface area (Å²) in [6.45, 7) is 6.99. The van der Waals surface area contributed by atoms with Gasteiger partial charge >= 0.3 is 0 Å². The number of rotatable bonds is 6. The van der Waals surface area contributed by atoms with E-state index in [-0.39, 0.29) is 5.91 Å². The number of halogens is 1. The topological polar surface area (TPSA) is 41.6 Å². The number of aryl methyl sites for hydroxylation is 2. The molecule has 0 radical (unpaired) electrons. The summed E-state index contributed by atoms with van der Waals surface area (Å²) in [7, 11) is 3.93. The van der Waals surface area contributed by atoms with Gasteiger partial charge in [0.15, 0.2) is 6.10 Å². The number of nitrogens with zero attached hydrogens (tertiary/aromatic N) is 1. The molecule has 0 heterocycles. The van der Waals surface area contributed by atoms with Crippen molar-refractivity contribution < 1.29 is 9.53 Å². The van der Waals surface area contributed by atoms with E-state index in [0.29, 0.717) is 12.3 Å². The highest BCUT2D eigenvalue weighted by Crippen LogP contribution is 2.26. The number of carbonyl (C=O) groups is 1. The van der Waals surface area contributed by atoms with E-state index in [1.165, 1.54) is 0 Å². The first-order chi connectivity index (χ1) is 9.31. The second kappa shape index (κ2) is 7.50. The lowest BCUT2D eigenvalue weighted by atomic mass is 10.1. The largest absolute Gasteiger partial charge is 0.481 e. The van der Waals surface area contributed by atoms with E-state index >= 15 is 0 Å². The molecule has 1 aromatic rings. The number of benzene rings is 1. The Hall–Kier alpha value is -1.26. The van der Waals surface area contributed by atoms with Crippen LogP contribution in [0.1, 0.15) is 18.1 Å². The molecular weight excluding hydrogens is 276 g/mol. The van der Waals surface area contributed by atoms with Gasteiger partial charge < -0.3 is 15.0 Å². The molecule has 1 atom stereocenters. The highest BCUT2D eigenvalue weighted by Gasteiger charge is 2.15. The van der Waals surface area contributed by atoms with Crippen molar-refractivity contribution in [1.82, 2.24) is 10.2 Å². The molecule has 1 amide bonds. The van der Waals surface area contributed by atoms with Gasteiger partial charge in [0.05, 0.1) is 0 Å². The minimum Gasteiger partial charge on any atom is -0.481 e. The lowest BCUT2D eigenvalue weighted by Crippen LogP contribution is -2.39. The molecule has 20 heavy (non-hydrogen) atoms. The summed E-state index contributed by atoms with van der Waals surface area (Å²) in [5.74, 6) is 0.553. The number of hydrogen-bond acceptors (Lipinski definition) is 3.